The molecule has 26 heavy (non-hydrogen) atoms. The summed E-state index contributed by atoms with van der Waals surface area (Å²) < 4.78 is 31.1. The molecule has 1 aliphatic heterocycles. The largest absolute Gasteiger partial charge is 0.296 e. The second kappa shape index (κ2) is 7.20. The standard InChI is InChI=1S/C16H24N6O3S/c1-4-21-15(7-8-17-21)20-9-5-6-14(16(20)23)19-26(24,25)13-10-18-22(11-13)12(2)3/h7-8,10-12,14,19H,4-6,9H2,1-3H3/t14-/m1/s1. The first-order valence-electron chi connectivity index (χ1n) is 8.73. The summed E-state index contributed by atoms with van der Waals surface area (Å²) in [5, 5.41) is 8.25. The molecule has 1 aliphatic rings. The number of hydrogen-bond acceptors (Lipinski definition) is 5. The third-order valence-corrected chi connectivity index (χ3v) is 5.85. The molecule has 2 aromatic rings. The summed E-state index contributed by atoms with van der Waals surface area (Å²) in [5.41, 5.74) is 0. The van der Waals surface area contributed by atoms with Crippen LogP contribution >= 0.6 is 0 Å². The quantitative estimate of drug-likeness (QED) is 0.810. The van der Waals surface area contributed by atoms with Gasteiger partial charge in [-0.1, -0.05) is 0 Å². The van der Waals surface area contributed by atoms with Gasteiger partial charge in [0.2, 0.25) is 15.9 Å². The third-order valence-electron chi connectivity index (χ3n) is 4.42. The van der Waals surface area contributed by atoms with E-state index in [-0.39, 0.29) is 16.8 Å². The van der Waals surface area contributed by atoms with E-state index < -0.39 is 16.1 Å². The number of sulfonamides is 1. The molecule has 1 fully saturated rings. The third kappa shape index (κ3) is 3.51. The van der Waals surface area contributed by atoms with Crippen LogP contribution in [0.3, 0.4) is 0 Å². The van der Waals surface area contributed by atoms with Gasteiger partial charge < -0.3 is 0 Å². The molecule has 3 heterocycles. The Morgan fingerprint density at radius 2 is 2.12 bits per heavy atom. The highest BCUT2D eigenvalue weighted by Gasteiger charge is 2.34. The highest BCUT2D eigenvalue weighted by Crippen LogP contribution is 2.22. The molecule has 0 aromatic carbocycles. The Balaban J connectivity index is 1.79. The van der Waals surface area contributed by atoms with Gasteiger partial charge in [0.15, 0.2) is 0 Å². The average molecular weight is 380 g/mol. The van der Waals surface area contributed by atoms with E-state index in [1.54, 1.807) is 26.5 Å². The second-order valence-electron chi connectivity index (χ2n) is 6.56. The average Bonchev–Trinajstić information content (AvgIpc) is 3.26. The topological polar surface area (TPSA) is 102 Å². The second-order valence-corrected chi connectivity index (χ2v) is 8.27. The lowest BCUT2D eigenvalue weighted by Crippen LogP contribution is -2.52. The zero-order valence-electron chi connectivity index (χ0n) is 15.2. The van der Waals surface area contributed by atoms with Gasteiger partial charge in [-0.3, -0.25) is 14.4 Å². The molecule has 142 valence electrons. The normalized spacial score (nSPS) is 18.7. The first kappa shape index (κ1) is 18.6. The number of rotatable bonds is 6. The molecular formula is C16H24N6O3S. The van der Waals surface area contributed by atoms with Crippen molar-refractivity contribution in [2.45, 2.75) is 57.1 Å². The molecule has 0 bridgehead atoms. The lowest BCUT2D eigenvalue weighted by Gasteiger charge is -2.32. The zero-order chi connectivity index (χ0) is 18.9. The van der Waals surface area contributed by atoms with E-state index >= 15 is 0 Å². The van der Waals surface area contributed by atoms with E-state index in [2.05, 4.69) is 14.9 Å². The van der Waals surface area contributed by atoms with Crippen LogP contribution in [0.1, 0.15) is 39.7 Å². The van der Waals surface area contributed by atoms with Gasteiger partial charge in [-0.15, -0.1) is 0 Å². The number of aromatic nitrogens is 4. The van der Waals surface area contributed by atoms with Crippen molar-refractivity contribution in [2.24, 2.45) is 0 Å². The van der Waals surface area contributed by atoms with Crippen LogP contribution in [0.2, 0.25) is 0 Å². The Hall–Kier alpha value is -2.20. The number of amides is 1. The maximum atomic E-state index is 12.9. The van der Waals surface area contributed by atoms with Crippen molar-refractivity contribution in [3.63, 3.8) is 0 Å². The summed E-state index contributed by atoms with van der Waals surface area (Å²) in [5.74, 6) is 0.431. The predicted molar refractivity (Wildman–Crippen MR) is 96.2 cm³/mol. The lowest BCUT2D eigenvalue weighted by molar-refractivity contribution is -0.121. The van der Waals surface area contributed by atoms with Crippen molar-refractivity contribution in [1.29, 1.82) is 0 Å². The number of carbonyl (C=O) groups excluding carboxylic acids is 1. The summed E-state index contributed by atoms with van der Waals surface area (Å²) in [7, 11) is -3.82. The zero-order valence-corrected chi connectivity index (χ0v) is 16.0. The molecule has 0 spiro atoms. The van der Waals surface area contributed by atoms with Crippen molar-refractivity contribution < 1.29 is 13.2 Å². The first-order chi connectivity index (χ1) is 12.3. The van der Waals surface area contributed by atoms with Crippen LogP contribution in [0.25, 0.3) is 0 Å². The minimum Gasteiger partial charge on any atom is -0.296 e. The number of carbonyl (C=O) groups is 1. The van der Waals surface area contributed by atoms with Crippen LogP contribution in [-0.2, 0) is 21.4 Å². The van der Waals surface area contributed by atoms with Crippen LogP contribution < -0.4 is 9.62 Å². The molecule has 1 amide bonds. The summed E-state index contributed by atoms with van der Waals surface area (Å²) in [4.78, 5) is 14.5. The fourth-order valence-electron chi connectivity index (χ4n) is 3.01. The number of aryl methyl sites for hydroxylation is 1. The van der Waals surface area contributed by atoms with Crippen LogP contribution in [0.4, 0.5) is 5.82 Å². The maximum absolute atomic E-state index is 12.9. The van der Waals surface area contributed by atoms with Gasteiger partial charge in [0.05, 0.1) is 12.4 Å². The van der Waals surface area contributed by atoms with Gasteiger partial charge >= 0.3 is 0 Å². The van der Waals surface area contributed by atoms with Crippen LogP contribution in [0.15, 0.2) is 29.6 Å². The molecule has 0 aliphatic carbocycles. The minimum atomic E-state index is -3.82. The molecule has 1 atom stereocenters. The highest BCUT2D eigenvalue weighted by atomic mass is 32.2. The van der Waals surface area contributed by atoms with Crippen molar-refractivity contribution >= 4 is 21.7 Å². The van der Waals surface area contributed by atoms with Crippen LogP contribution in [0.5, 0.6) is 0 Å². The fourth-order valence-corrected chi connectivity index (χ4v) is 4.17. The molecule has 1 saturated heterocycles. The van der Waals surface area contributed by atoms with Crippen molar-refractivity contribution in [3.8, 4) is 0 Å². The maximum Gasteiger partial charge on any atom is 0.246 e. The Morgan fingerprint density at radius 3 is 2.77 bits per heavy atom. The van der Waals surface area contributed by atoms with Crippen LogP contribution in [-0.4, -0.2) is 46.5 Å². The summed E-state index contributed by atoms with van der Waals surface area (Å²) in [6, 6.07) is 1.03. The Bertz CT molecular complexity index is 885. The van der Waals surface area contributed by atoms with E-state index in [0.717, 1.165) is 0 Å². The SMILES string of the molecule is CCn1nccc1N1CCC[C@@H](NS(=O)(=O)c2cnn(C(C)C)c2)C1=O. The van der Waals surface area contributed by atoms with Crippen molar-refractivity contribution in [1.82, 2.24) is 24.3 Å². The molecule has 10 heteroatoms. The molecule has 0 unspecified atom stereocenters. The molecular weight excluding hydrogens is 356 g/mol. The number of anilines is 1. The Kier molecular flexibility index (Phi) is 5.15. The highest BCUT2D eigenvalue weighted by molar-refractivity contribution is 7.89. The number of hydrogen-bond donors (Lipinski definition) is 1. The monoisotopic (exact) mass is 380 g/mol. The molecule has 3 rings (SSSR count). The van der Waals surface area contributed by atoms with Gasteiger partial charge in [-0.05, 0) is 33.6 Å². The number of nitrogens with zero attached hydrogens (tertiary/aromatic N) is 5. The van der Waals surface area contributed by atoms with Gasteiger partial charge in [-0.2, -0.15) is 14.9 Å². The number of nitrogens with one attached hydrogen (secondary N) is 1. The molecule has 0 radical (unpaired) electrons. The Labute approximate surface area is 153 Å². The molecule has 0 saturated carbocycles. The number of piperidine rings is 1. The fraction of sp³-hybridized carbons (Fsp3) is 0.562. The molecule has 1 N–H and O–H groups in total. The van der Waals surface area contributed by atoms with Gasteiger partial charge in [0.1, 0.15) is 16.8 Å². The van der Waals surface area contributed by atoms with Gasteiger partial charge in [-0.25, -0.2) is 13.1 Å². The molecule has 2 aromatic heterocycles. The van der Waals surface area contributed by atoms with Crippen LogP contribution in [0, 0.1) is 0 Å². The smallest absolute Gasteiger partial charge is 0.246 e. The summed E-state index contributed by atoms with van der Waals surface area (Å²) >= 11 is 0. The summed E-state index contributed by atoms with van der Waals surface area (Å²) in [6.45, 7) is 6.95. The van der Waals surface area contributed by atoms with Crippen molar-refractivity contribution in [3.05, 3.63) is 24.7 Å². The van der Waals surface area contributed by atoms with Gasteiger partial charge in [0.25, 0.3) is 0 Å². The van der Waals surface area contributed by atoms with E-state index in [1.165, 1.54) is 12.4 Å². The lowest BCUT2D eigenvalue weighted by atomic mass is 10.1. The minimum absolute atomic E-state index is 0.0556. The van der Waals surface area contributed by atoms with E-state index in [0.29, 0.717) is 31.7 Å². The summed E-state index contributed by atoms with van der Waals surface area (Å²) in [6.07, 6.45) is 5.59. The Morgan fingerprint density at radius 1 is 1.35 bits per heavy atom. The van der Waals surface area contributed by atoms with E-state index in [9.17, 15) is 13.2 Å². The predicted octanol–water partition coefficient (Wildman–Crippen LogP) is 1.15. The first-order valence-corrected chi connectivity index (χ1v) is 10.2. The van der Waals surface area contributed by atoms with E-state index in [1.807, 2.05) is 20.8 Å². The van der Waals surface area contributed by atoms with Crippen molar-refractivity contribution in [2.75, 3.05) is 11.4 Å². The molecule has 9 nitrogen and oxygen atoms in total. The van der Waals surface area contributed by atoms with Gasteiger partial charge in [0, 0.05) is 31.4 Å². The van der Waals surface area contributed by atoms with E-state index in [4.69, 9.17) is 0 Å².